The smallest absolute Gasteiger partial charge is 0.335 e. The van der Waals surface area contributed by atoms with Crippen molar-refractivity contribution in [2.75, 3.05) is 5.32 Å². The fraction of sp³-hybridized carbons (Fsp3) is 0.160. The average Bonchev–Trinajstić information content (AvgIpc) is 3.01. The molecule has 0 atom stereocenters. The minimum Gasteiger partial charge on any atom is -0.478 e. The fourth-order valence-electron chi connectivity index (χ4n) is 3.43. The number of anilines is 1. The summed E-state index contributed by atoms with van der Waals surface area (Å²) in [6.07, 6.45) is 1.55. The SMILES string of the molecule is Cc1ccc(NC(=O)/C(C#N)=C\c2cc(C)n(-c3cc(C(=O)O)ccc3C)c2C)cc1. The minimum absolute atomic E-state index is 0.0168. The number of rotatable bonds is 5. The molecule has 3 rings (SSSR count). The molecule has 1 aromatic heterocycles. The van der Waals surface area contributed by atoms with E-state index in [1.807, 2.05) is 56.5 Å². The van der Waals surface area contributed by atoms with E-state index in [4.69, 9.17) is 0 Å². The molecule has 156 valence electrons. The van der Waals surface area contributed by atoms with Gasteiger partial charge in [-0.05, 0) is 75.2 Å². The Morgan fingerprint density at radius 3 is 2.32 bits per heavy atom. The molecule has 2 aromatic carbocycles. The van der Waals surface area contributed by atoms with Gasteiger partial charge in [-0.1, -0.05) is 23.8 Å². The molecule has 31 heavy (non-hydrogen) atoms. The van der Waals surface area contributed by atoms with Crippen LogP contribution in [0.5, 0.6) is 0 Å². The predicted octanol–water partition coefficient (Wildman–Crippen LogP) is 4.95. The standard InChI is InChI=1S/C25H23N3O3/c1-15-5-9-22(10-6-15)27-24(29)21(14-26)12-20-11-17(3)28(18(20)4)23-13-19(25(30)31)8-7-16(23)2/h5-13H,1-4H3,(H,27,29)(H,30,31)/b21-12-. The van der Waals surface area contributed by atoms with Crippen LogP contribution in [0.15, 0.2) is 54.1 Å². The van der Waals surface area contributed by atoms with Crippen LogP contribution in [-0.2, 0) is 4.79 Å². The number of amides is 1. The molecular weight excluding hydrogens is 390 g/mol. The van der Waals surface area contributed by atoms with Crippen LogP contribution in [0.2, 0.25) is 0 Å². The maximum absolute atomic E-state index is 12.6. The van der Waals surface area contributed by atoms with Crippen molar-refractivity contribution in [2.24, 2.45) is 0 Å². The summed E-state index contributed by atoms with van der Waals surface area (Å²) in [5.41, 5.74) is 5.92. The third-order valence-electron chi connectivity index (χ3n) is 5.14. The molecule has 0 radical (unpaired) electrons. The number of hydrogen-bond acceptors (Lipinski definition) is 3. The fourth-order valence-corrected chi connectivity index (χ4v) is 3.43. The molecule has 6 heteroatoms. The zero-order valence-electron chi connectivity index (χ0n) is 17.9. The molecule has 3 aromatic rings. The highest BCUT2D eigenvalue weighted by Gasteiger charge is 2.16. The van der Waals surface area contributed by atoms with Crippen molar-refractivity contribution in [3.63, 3.8) is 0 Å². The van der Waals surface area contributed by atoms with Crippen LogP contribution in [0.1, 0.15) is 38.4 Å². The molecule has 0 aliphatic heterocycles. The molecule has 0 bridgehead atoms. The molecule has 1 heterocycles. The van der Waals surface area contributed by atoms with Crippen molar-refractivity contribution in [3.8, 4) is 11.8 Å². The quantitative estimate of drug-likeness (QED) is 0.457. The number of hydrogen-bond donors (Lipinski definition) is 2. The zero-order chi connectivity index (χ0) is 22.7. The second-order valence-electron chi connectivity index (χ2n) is 7.46. The van der Waals surface area contributed by atoms with Crippen molar-refractivity contribution in [3.05, 3.63) is 87.7 Å². The van der Waals surface area contributed by atoms with Crippen molar-refractivity contribution in [1.29, 1.82) is 5.26 Å². The van der Waals surface area contributed by atoms with Gasteiger partial charge < -0.3 is 15.0 Å². The lowest BCUT2D eigenvalue weighted by Crippen LogP contribution is -2.13. The lowest BCUT2D eigenvalue weighted by Gasteiger charge is -2.13. The molecule has 0 aliphatic rings. The van der Waals surface area contributed by atoms with Crippen LogP contribution in [-0.4, -0.2) is 21.6 Å². The van der Waals surface area contributed by atoms with Gasteiger partial charge in [0, 0.05) is 22.8 Å². The van der Waals surface area contributed by atoms with E-state index < -0.39 is 11.9 Å². The van der Waals surface area contributed by atoms with E-state index in [9.17, 15) is 20.0 Å². The molecule has 0 saturated carbocycles. The van der Waals surface area contributed by atoms with Crippen LogP contribution in [0, 0.1) is 39.0 Å². The first-order valence-electron chi connectivity index (χ1n) is 9.74. The third kappa shape index (κ3) is 4.57. The van der Waals surface area contributed by atoms with Gasteiger partial charge in [-0.15, -0.1) is 0 Å². The summed E-state index contributed by atoms with van der Waals surface area (Å²) >= 11 is 0. The Morgan fingerprint density at radius 1 is 1.03 bits per heavy atom. The Balaban J connectivity index is 1.99. The minimum atomic E-state index is -0.997. The first kappa shape index (κ1) is 21.6. The second kappa shape index (κ2) is 8.72. The maximum Gasteiger partial charge on any atom is 0.335 e. The summed E-state index contributed by atoms with van der Waals surface area (Å²) in [7, 11) is 0. The third-order valence-corrected chi connectivity index (χ3v) is 5.14. The van der Waals surface area contributed by atoms with Gasteiger partial charge in [-0.3, -0.25) is 4.79 Å². The Morgan fingerprint density at radius 2 is 1.71 bits per heavy atom. The largest absolute Gasteiger partial charge is 0.478 e. The Labute approximate surface area is 181 Å². The van der Waals surface area contributed by atoms with E-state index in [-0.39, 0.29) is 11.1 Å². The van der Waals surface area contributed by atoms with Crippen LogP contribution in [0.3, 0.4) is 0 Å². The van der Waals surface area contributed by atoms with Gasteiger partial charge in [-0.25, -0.2) is 4.79 Å². The number of nitrogens with one attached hydrogen (secondary N) is 1. The highest BCUT2D eigenvalue weighted by atomic mass is 16.4. The maximum atomic E-state index is 12.6. The van der Waals surface area contributed by atoms with Crippen LogP contribution >= 0.6 is 0 Å². The number of aromatic carboxylic acids is 1. The van der Waals surface area contributed by atoms with Crippen LogP contribution < -0.4 is 5.32 Å². The summed E-state index contributed by atoms with van der Waals surface area (Å²) in [4.78, 5) is 24.0. The summed E-state index contributed by atoms with van der Waals surface area (Å²) in [5.74, 6) is -1.48. The predicted molar refractivity (Wildman–Crippen MR) is 120 cm³/mol. The van der Waals surface area contributed by atoms with Crippen molar-refractivity contribution in [1.82, 2.24) is 4.57 Å². The van der Waals surface area contributed by atoms with Gasteiger partial charge in [0.1, 0.15) is 11.6 Å². The lowest BCUT2D eigenvalue weighted by molar-refractivity contribution is -0.112. The van der Waals surface area contributed by atoms with Gasteiger partial charge in [0.05, 0.1) is 5.56 Å². The normalized spacial score (nSPS) is 11.1. The van der Waals surface area contributed by atoms with Crippen LogP contribution in [0.25, 0.3) is 11.8 Å². The van der Waals surface area contributed by atoms with E-state index in [1.54, 1.807) is 36.4 Å². The highest BCUT2D eigenvalue weighted by Crippen LogP contribution is 2.26. The van der Waals surface area contributed by atoms with Crippen LogP contribution in [0.4, 0.5) is 5.69 Å². The number of carbonyl (C=O) groups is 2. The van der Waals surface area contributed by atoms with Gasteiger partial charge >= 0.3 is 5.97 Å². The Bertz CT molecular complexity index is 1240. The van der Waals surface area contributed by atoms with Gasteiger partial charge in [-0.2, -0.15) is 5.26 Å². The molecule has 1 amide bonds. The number of carbonyl (C=O) groups excluding carboxylic acids is 1. The van der Waals surface area contributed by atoms with Gasteiger partial charge in [0.2, 0.25) is 0 Å². The molecule has 0 fully saturated rings. The highest BCUT2D eigenvalue weighted by molar-refractivity contribution is 6.09. The Hall–Kier alpha value is -4.11. The second-order valence-corrected chi connectivity index (χ2v) is 7.46. The molecule has 2 N–H and O–H groups in total. The number of carboxylic acids is 1. The summed E-state index contributed by atoms with van der Waals surface area (Å²) in [6.45, 7) is 7.63. The van der Waals surface area contributed by atoms with E-state index in [0.29, 0.717) is 11.3 Å². The van der Waals surface area contributed by atoms with E-state index in [2.05, 4.69) is 5.32 Å². The molecule has 0 unspecified atom stereocenters. The number of aromatic nitrogens is 1. The monoisotopic (exact) mass is 413 g/mol. The first-order chi connectivity index (χ1) is 14.7. The molecule has 0 aliphatic carbocycles. The number of nitriles is 1. The van der Waals surface area contributed by atoms with E-state index in [1.165, 1.54) is 0 Å². The average molecular weight is 413 g/mol. The number of aryl methyl sites for hydroxylation is 3. The topological polar surface area (TPSA) is 95.1 Å². The number of carboxylic acid groups (broad SMARTS) is 1. The molecule has 6 nitrogen and oxygen atoms in total. The summed E-state index contributed by atoms with van der Waals surface area (Å²) < 4.78 is 1.93. The Kier molecular flexibility index (Phi) is 6.07. The zero-order valence-corrected chi connectivity index (χ0v) is 17.9. The first-order valence-corrected chi connectivity index (χ1v) is 9.74. The van der Waals surface area contributed by atoms with Gasteiger partial charge in [0.15, 0.2) is 0 Å². The molecule has 0 spiro atoms. The number of nitrogens with zero attached hydrogens (tertiary/aromatic N) is 2. The van der Waals surface area contributed by atoms with E-state index in [0.717, 1.165) is 28.2 Å². The lowest BCUT2D eigenvalue weighted by atomic mass is 10.1. The van der Waals surface area contributed by atoms with Gasteiger partial charge in [0.25, 0.3) is 5.91 Å². The molecular formula is C25H23N3O3. The van der Waals surface area contributed by atoms with E-state index >= 15 is 0 Å². The molecule has 0 saturated heterocycles. The van der Waals surface area contributed by atoms with Crippen molar-refractivity contribution < 1.29 is 14.7 Å². The summed E-state index contributed by atoms with van der Waals surface area (Å²) in [5, 5.41) is 21.6. The summed E-state index contributed by atoms with van der Waals surface area (Å²) in [6, 6.07) is 16.1. The van der Waals surface area contributed by atoms with Crippen molar-refractivity contribution >= 4 is 23.6 Å². The number of benzene rings is 2. The van der Waals surface area contributed by atoms with Crippen molar-refractivity contribution in [2.45, 2.75) is 27.7 Å².